The van der Waals surface area contributed by atoms with Crippen molar-refractivity contribution in [2.45, 2.75) is 65.5 Å². The first-order valence-corrected chi connectivity index (χ1v) is 9.12. The van der Waals surface area contributed by atoms with Gasteiger partial charge in [-0.05, 0) is 72.5 Å². The predicted molar refractivity (Wildman–Crippen MR) is 95.8 cm³/mol. The Kier molecular flexibility index (Phi) is 8.34. The minimum atomic E-state index is -0.426. The van der Waals surface area contributed by atoms with E-state index in [9.17, 15) is 4.79 Å². The number of nitrogens with zero attached hydrogens (tertiary/aromatic N) is 2. The molecule has 2 unspecified atom stereocenters. The average Bonchev–Trinajstić information content (AvgIpc) is 2.49. The zero-order chi connectivity index (χ0) is 17.5. The Balaban J connectivity index is 2.19. The second kappa shape index (κ2) is 9.48. The number of nitrogens with one attached hydrogen (secondary N) is 1. The molecule has 136 valence electrons. The van der Waals surface area contributed by atoms with Crippen LogP contribution in [0, 0.1) is 5.92 Å². The molecule has 1 fully saturated rings. The van der Waals surface area contributed by atoms with E-state index in [1.54, 1.807) is 11.9 Å². The van der Waals surface area contributed by atoms with E-state index in [2.05, 4.69) is 24.1 Å². The first-order valence-electron chi connectivity index (χ1n) is 9.12. The van der Waals surface area contributed by atoms with E-state index in [0.717, 1.165) is 32.0 Å². The third-order valence-electron chi connectivity index (χ3n) is 4.54. The van der Waals surface area contributed by atoms with Gasteiger partial charge in [-0.15, -0.1) is 0 Å². The number of hydrogen-bond acceptors (Lipinski definition) is 4. The van der Waals surface area contributed by atoms with Gasteiger partial charge in [0, 0.05) is 26.2 Å². The fraction of sp³-hybridized carbons (Fsp3) is 0.944. The highest BCUT2D eigenvalue weighted by Crippen LogP contribution is 2.19. The zero-order valence-corrected chi connectivity index (χ0v) is 16.0. The number of piperidine rings is 1. The Bertz CT molecular complexity index is 355. The smallest absolute Gasteiger partial charge is 0.410 e. The van der Waals surface area contributed by atoms with Gasteiger partial charge in [-0.2, -0.15) is 0 Å². The normalized spacial score (nSPS) is 21.0. The van der Waals surface area contributed by atoms with Crippen LogP contribution in [0.3, 0.4) is 0 Å². The molecule has 0 aromatic carbocycles. The van der Waals surface area contributed by atoms with Crippen LogP contribution in [-0.2, 0) is 4.74 Å². The molecule has 1 heterocycles. The van der Waals surface area contributed by atoms with Crippen molar-refractivity contribution in [2.75, 3.05) is 39.8 Å². The van der Waals surface area contributed by atoms with Crippen LogP contribution in [0.25, 0.3) is 0 Å². The van der Waals surface area contributed by atoms with Crippen molar-refractivity contribution >= 4 is 6.09 Å². The molecule has 0 aliphatic carbocycles. The van der Waals surface area contributed by atoms with Crippen LogP contribution in [-0.4, -0.2) is 67.3 Å². The molecule has 1 aliphatic heterocycles. The van der Waals surface area contributed by atoms with E-state index >= 15 is 0 Å². The Morgan fingerprint density at radius 2 is 2.13 bits per heavy atom. The molecule has 0 radical (unpaired) electrons. The standard InChI is InChI=1S/C18H37N3O2/c1-7-21-13-8-10-16(14-21)15(2)19-11-9-12-20(6)17(22)23-18(3,4)5/h15-16,19H,7-14H2,1-6H3. The van der Waals surface area contributed by atoms with Crippen LogP contribution < -0.4 is 5.32 Å². The Morgan fingerprint density at radius 3 is 2.74 bits per heavy atom. The minimum absolute atomic E-state index is 0.239. The van der Waals surface area contributed by atoms with Crippen LogP contribution >= 0.6 is 0 Å². The van der Waals surface area contributed by atoms with Gasteiger partial charge in [-0.3, -0.25) is 0 Å². The van der Waals surface area contributed by atoms with Crippen molar-refractivity contribution in [1.29, 1.82) is 0 Å². The van der Waals surface area contributed by atoms with E-state index in [1.165, 1.54) is 25.9 Å². The number of ether oxygens (including phenoxy) is 1. The first kappa shape index (κ1) is 20.2. The fourth-order valence-corrected chi connectivity index (χ4v) is 3.03. The molecule has 5 heteroatoms. The summed E-state index contributed by atoms with van der Waals surface area (Å²) in [5, 5.41) is 3.63. The maximum atomic E-state index is 11.9. The van der Waals surface area contributed by atoms with Gasteiger partial charge in [0.15, 0.2) is 0 Å². The zero-order valence-electron chi connectivity index (χ0n) is 16.0. The molecule has 23 heavy (non-hydrogen) atoms. The highest BCUT2D eigenvalue weighted by Gasteiger charge is 2.23. The van der Waals surface area contributed by atoms with Gasteiger partial charge in [0.2, 0.25) is 0 Å². The topological polar surface area (TPSA) is 44.8 Å². The van der Waals surface area contributed by atoms with Crippen molar-refractivity contribution in [3.8, 4) is 0 Å². The molecular formula is C18H37N3O2. The number of carbonyl (C=O) groups excluding carboxylic acids is 1. The van der Waals surface area contributed by atoms with E-state index in [1.807, 2.05) is 20.8 Å². The molecule has 1 N–H and O–H groups in total. The largest absolute Gasteiger partial charge is 0.444 e. The molecule has 0 saturated carbocycles. The van der Waals surface area contributed by atoms with Gasteiger partial charge in [0.05, 0.1) is 0 Å². The van der Waals surface area contributed by atoms with E-state index in [0.29, 0.717) is 6.04 Å². The SMILES string of the molecule is CCN1CCCC(C(C)NCCCN(C)C(=O)OC(C)(C)C)C1. The van der Waals surface area contributed by atoms with E-state index < -0.39 is 5.60 Å². The van der Waals surface area contributed by atoms with Crippen molar-refractivity contribution in [1.82, 2.24) is 15.1 Å². The summed E-state index contributed by atoms with van der Waals surface area (Å²) in [5.74, 6) is 0.743. The van der Waals surface area contributed by atoms with Gasteiger partial charge in [0.1, 0.15) is 5.60 Å². The molecule has 0 aromatic heterocycles. The molecule has 5 nitrogen and oxygen atoms in total. The Morgan fingerprint density at radius 1 is 1.43 bits per heavy atom. The van der Waals surface area contributed by atoms with Gasteiger partial charge >= 0.3 is 6.09 Å². The van der Waals surface area contributed by atoms with Gasteiger partial charge < -0.3 is 19.9 Å². The summed E-state index contributed by atoms with van der Waals surface area (Å²) < 4.78 is 5.36. The summed E-state index contributed by atoms with van der Waals surface area (Å²) in [6.07, 6.45) is 3.34. The number of hydrogen-bond donors (Lipinski definition) is 1. The van der Waals surface area contributed by atoms with Crippen molar-refractivity contribution in [3.63, 3.8) is 0 Å². The molecule has 0 bridgehead atoms. The summed E-state index contributed by atoms with van der Waals surface area (Å²) in [6, 6.07) is 0.538. The van der Waals surface area contributed by atoms with Gasteiger partial charge in [-0.1, -0.05) is 6.92 Å². The van der Waals surface area contributed by atoms with Crippen molar-refractivity contribution in [2.24, 2.45) is 5.92 Å². The highest BCUT2D eigenvalue weighted by molar-refractivity contribution is 5.67. The molecule has 1 rings (SSSR count). The second-order valence-corrected chi connectivity index (χ2v) is 7.79. The molecule has 1 amide bonds. The lowest BCUT2D eigenvalue weighted by atomic mass is 9.91. The fourth-order valence-electron chi connectivity index (χ4n) is 3.03. The van der Waals surface area contributed by atoms with Crippen molar-refractivity contribution < 1.29 is 9.53 Å². The van der Waals surface area contributed by atoms with Gasteiger partial charge in [-0.25, -0.2) is 4.79 Å². The van der Waals surface area contributed by atoms with Crippen LogP contribution in [0.1, 0.15) is 53.9 Å². The lowest BCUT2D eigenvalue weighted by Gasteiger charge is -2.35. The quantitative estimate of drug-likeness (QED) is 0.730. The molecule has 0 aromatic rings. The summed E-state index contributed by atoms with van der Waals surface area (Å²) in [5.41, 5.74) is -0.426. The van der Waals surface area contributed by atoms with Crippen LogP contribution in [0.2, 0.25) is 0 Å². The third kappa shape index (κ3) is 8.02. The monoisotopic (exact) mass is 327 g/mol. The predicted octanol–water partition coefficient (Wildman–Crippen LogP) is 2.95. The lowest BCUT2D eigenvalue weighted by molar-refractivity contribution is 0.0297. The maximum Gasteiger partial charge on any atom is 0.410 e. The van der Waals surface area contributed by atoms with E-state index in [4.69, 9.17) is 4.74 Å². The average molecular weight is 328 g/mol. The Labute approximate surface area is 142 Å². The minimum Gasteiger partial charge on any atom is -0.444 e. The Hall–Kier alpha value is -0.810. The number of likely N-dealkylation sites (tertiary alicyclic amines) is 1. The summed E-state index contributed by atoms with van der Waals surface area (Å²) in [6.45, 7) is 15.5. The third-order valence-corrected chi connectivity index (χ3v) is 4.54. The van der Waals surface area contributed by atoms with E-state index in [-0.39, 0.29) is 6.09 Å². The summed E-state index contributed by atoms with van der Waals surface area (Å²) in [7, 11) is 1.80. The summed E-state index contributed by atoms with van der Waals surface area (Å²) in [4.78, 5) is 16.1. The first-order chi connectivity index (χ1) is 10.7. The summed E-state index contributed by atoms with van der Waals surface area (Å²) >= 11 is 0. The molecule has 1 saturated heterocycles. The van der Waals surface area contributed by atoms with Crippen molar-refractivity contribution in [3.05, 3.63) is 0 Å². The van der Waals surface area contributed by atoms with Crippen LogP contribution in [0.4, 0.5) is 4.79 Å². The molecular weight excluding hydrogens is 290 g/mol. The highest BCUT2D eigenvalue weighted by atomic mass is 16.6. The second-order valence-electron chi connectivity index (χ2n) is 7.79. The molecule has 1 aliphatic rings. The number of amides is 1. The van der Waals surface area contributed by atoms with Crippen LogP contribution in [0.5, 0.6) is 0 Å². The number of rotatable bonds is 7. The molecule has 2 atom stereocenters. The number of carbonyl (C=O) groups is 1. The van der Waals surface area contributed by atoms with Crippen LogP contribution in [0.15, 0.2) is 0 Å². The lowest BCUT2D eigenvalue weighted by Crippen LogP contribution is -2.45. The maximum absolute atomic E-state index is 11.9. The van der Waals surface area contributed by atoms with Gasteiger partial charge in [0.25, 0.3) is 0 Å². The molecule has 0 spiro atoms.